The SMILES string of the molecule is COc1ccc(-c2noc(C3CCN(C(=O)c4oc5cc(C)ccc5c4C)CC3)n2)cc1. The molecule has 0 aliphatic carbocycles. The molecule has 1 amide bonds. The Labute approximate surface area is 186 Å². The third-order valence-electron chi connectivity index (χ3n) is 6.21. The third-order valence-corrected chi connectivity index (χ3v) is 6.21. The molecule has 0 atom stereocenters. The molecule has 0 N–H and O–H groups in total. The Morgan fingerprint density at radius 2 is 1.84 bits per heavy atom. The molecule has 1 aliphatic heterocycles. The van der Waals surface area contributed by atoms with E-state index in [0.717, 1.165) is 46.3 Å². The first-order valence-electron chi connectivity index (χ1n) is 10.8. The van der Waals surface area contributed by atoms with Crippen molar-refractivity contribution >= 4 is 16.9 Å². The summed E-state index contributed by atoms with van der Waals surface area (Å²) in [5, 5.41) is 5.13. The quantitative estimate of drug-likeness (QED) is 0.446. The van der Waals surface area contributed by atoms with Gasteiger partial charge < -0.3 is 18.6 Å². The Morgan fingerprint density at radius 1 is 1.09 bits per heavy atom. The second kappa shape index (κ2) is 8.15. The maximum absolute atomic E-state index is 13.1. The van der Waals surface area contributed by atoms with Crippen LogP contribution in [0.1, 0.15) is 46.3 Å². The van der Waals surface area contributed by atoms with Gasteiger partial charge in [-0.25, -0.2) is 0 Å². The Morgan fingerprint density at radius 3 is 2.56 bits per heavy atom. The average molecular weight is 431 g/mol. The molecule has 7 nitrogen and oxygen atoms in total. The van der Waals surface area contributed by atoms with Crippen molar-refractivity contribution in [2.24, 2.45) is 0 Å². The number of hydrogen-bond donors (Lipinski definition) is 0. The molecule has 3 heterocycles. The lowest BCUT2D eigenvalue weighted by Gasteiger charge is -2.29. The predicted octanol–water partition coefficient (Wildman–Crippen LogP) is 5.13. The van der Waals surface area contributed by atoms with Crippen molar-refractivity contribution in [3.05, 3.63) is 65.2 Å². The van der Waals surface area contributed by atoms with E-state index in [4.69, 9.17) is 13.7 Å². The summed E-state index contributed by atoms with van der Waals surface area (Å²) in [6, 6.07) is 13.6. The normalized spacial score (nSPS) is 14.8. The Balaban J connectivity index is 1.27. The Hall–Kier alpha value is -3.61. The van der Waals surface area contributed by atoms with Crippen LogP contribution in [0.3, 0.4) is 0 Å². The van der Waals surface area contributed by atoms with Crippen molar-refractivity contribution < 1.29 is 18.5 Å². The van der Waals surface area contributed by atoms with Crippen LogP contribution in [0.5, 0.6) is 5.75 Å². The van der Waals surface area contributed by atoms with E-state index in [9.17, 15) is 4.79 Å². The number of carbonyl (C=O) groups excluding carboxylic acids is 1. The van der Waals surface area contributed by atoms with Crippen LogP contribution in [0.25, 0.3) is 22.4 Å². The smallest absolute Gasteiger partial charge is 0.289 e. The molecule has 1 saturated heterocycles. The average Bonchev–Trinajstić information content (AvgIpc) is 3.44. The van der Waals surface area contributed by atoms with Crippen molar-refractivity contribution in [3.63, 3.8) is 0 Å². The number of benzene rings is 2. The van der Waals surface area contributed by atoms with Crippen molar-refractivity contribution in [2.45, 2.75) is 32.6 Å². The molecule has 1 aliphatic rings. The topological polar surface area (TPSA) is 81.6 Å². The van der Waals surface area contributed by atoms with Gasteiger partial charge in [0.1, 0.15) is 11.3 Å². The van der Waals surface area contributed by atoms with E-state index in [1.54, 1.807) is 7.11 Å². The minimum atomic E-state index is -0.0562. The fourth-order valence-corrected chi connectivity index (χ4v) is 4.27. The number of amides is 1. The summed E-state index contributed by atoms with van der Waals surface area (Å²) in [6.07, 6.45) is 1.54. The monoisotopic (exact) mass is 431 g/mol. The number of piperidine rings is 1. The highest BCUT2D eigenvalue weighted by Crippen LogP contribution is 2.32. The molecule has 0 unspecified atom stereocenters. The molecule has 5 rings (SSSR count). The van der Waals surface area contributed by atoms with E-state index in [2.05, 4.69) is 10.1 Å². The summed E-state index contributed by atoms with van der Waals surface area (Å²) in [5.41, 5.74) is 3.65. The standard InChI is InChI=1S/C25H25N3O4/c1-15-4-9-20-16(2)22(31-21(20)14-15)25(29)28-12-10-18(11-13-28)24-26-23(27-32-24)17-5-7-19(30-3)8-6-17/h4-9,14,18H,10-13H2,1-3H3. The number of aryl methyl sites for hydroxylation is 2. The number of carbonyl (C=O) groups is 1. The van der Waals surface area contributed by atoms with Gasteiger partial charge in [0.05, 0.1) is 7.11 Å². The number of fused-ring (bicyclic) bond motifs is 1. The molecule has 0 radical (unpaired) electrons. The molecule has 0 spiro atoms. The van der Waals surface area contributed by atoms with Gasteiger partial charge in [-0.15, -0.1) is 0 Å². The molecule has 7 heteroatoms. The number of nitrogens with zero attached hydrogens (tertiary/aromatic N) is 3. The number of aromatic nitrogens is 2. The van der Waals surface area contributed by atoms with Crippen LogP contribution in [0, 0.1) is 13.8 Å². The molecule has 164 valence electrons. The number of rotatable bonds is 4. The van der Waals surface area contributed by atoms with Gasteiger partial charge in [-0.1, -0.05) is 17.3 Å². The van der Waals surface area contributed by atoms with E-state index >= 15 is 0 Å². The molecule has 32 heavy (non-hydrogen) atoms. The lowest BCUT2D eigenvalue weighted by Crippen LogP contribution is -2.38. The third kappa shape index (κ3) is 3.64. The van der Waals surface area contributed by atoms with Gasteiger partial charge >= 0.3 is 0 Å². The number of likely N-dealkylation sites (tertiary alicyclic amines) is 1. The number of methoxy groups -OCH3 is 1. The van der Waals surface area contributed by atoms with Crippen LogP contribution < -0.4 is 4.74 Å². The van der Waals surface area contributed by atoms with Gasteiger partial charge in [0.2, 0.25) is 11.7 Å². The van der Waals surface area contributed by atoms with Gasteiger partial charge in [-0.3, -0.25) is 4.79 Å². The van der Waals surface area contributed by atoms with Crippen molar-refractivity contribution in [2.75, 3.05) is 20.2 Å². The van der Waals surface area contributed by atoms with Crippen LogP contribution in [0.4, 0.5) is 0 Å². The number of furan rings is 1. The highest BCUT2D eigenvalue weighted by atomic mass is 16.5. The summed E-state index contributed by atoms with van der Waals surface area (Å²) < 4.78 is 16.7. The van der Waals surface area contributed by atoms with E-state index in [1.807, 2.05) is 61.2 Å². The Kier molecular flexibility index (Phi) is 5.17. The number of hydrogen-bond acceptors (Lipinski definition) is 6. The van der Waals surface area contributed by atoms with Crippen LogP contribution >= 0.6 is 0 Å². The van der Waals surface area contributed by atoms with Crippen molar-refractivity contribution in [1.82, 2.24) is 15.0 Å². The zero-order valence-corrected chi connectivity index (χ0v) is 18.4. The van der Waals surface area contributed by atoms with Crippen LogP contribution in [0.15, 0.2) is 51.4 Å². The zero-order chi connectivity index (χ0) is 22.2. The van der Waals surface area contributed by atoms with Crippen LogP contribution in [0.2, 0.25) is 0 Å². The van der Waals surface area contributed by atoms with Gasteiger partial charge in [0.15, 0.2) is 5.76 Å². The summed E-state index contributed by atoms with van der Waals surface area (Å²) in [4.78, 5) is 19.6. The zero-order valence-electron chi connectivity index (χ0n) is 18.4. The molecule has 1 fully saturated rings. The first-order valence-corrected chi connectivity index (χ1v) is 10.8. The highest BCUT2D eigenvalue weighted by molar-refractivity contribution is 5.99. The maximum Gasteiger partial charge on any atom is 0.289 e. The molecule has 0 bridgehead atoms. The minimum Gasteiger partial charge on any atom is -0.497 e. The number of ether oxygens (including phenoxy) is 1. The lowest BCUT2D eigenvalue weighted by atomic mass is 9.96. The largest absolute Gasteiger partial charge is 0.497 e. The summed E-state index contributed by atoms with van der Waals surface area (Å²) in [6.45, 7) is 5.21. The van der Waals surface area contributed by atoms with Crippen LogP contribution in [-0.2, 0) is 0 Å². The highest BCUT2D eigenvalue weighted by Gasteiger charge is 2.30. The molecular formula is C25H25N3O4. The molecule has 2 aromatic heterocycles. The second-order valence-electron chi connectivity index (χ2n) is 8.31. The summed E-state index contributed by atoms with van der Waals surface area (Å²) in [5.74, 6) is 2.48. The molecule has 2 aromatic carbocycles. The maximum atomic E-state index is 13.1. The van der Waals surface area contributed by atoms with E-state index in [-0.39, 0.29) is 11.8 Å². The van der Waals surface area contributed by atoms with Gasteiger partial charge in [0.25, 0.3) is 5.91 Å². The van der Waals surface area contributed by atoms with E-state index in [1.165, 1.54) is 0 Å². The molecule has 0 saturated carbocycles. The minimum absolute atomic E-state index is 0.0562. The van der Waals surface area contributed by atoms with Gasteiger partial charge in [-0.05, 0) is 62.6 Å². The first-order chi connectivity index (χ1) is 15.5. The van der Waals surface area contributed by atoms with Crippen LogP contribution in [-0.4, -0.2) is 41.1 Å². The molecule has 4 aromatic rings. The van der Waals surface area contributed by atoms with E-state index in [0.29, 0.717) is 30.6 Å². The Bertz CT molecular complexity index is 1260. The second-order valence-corrected chi connectivity index (χ2v) is 8.31. The van der Waals surface area contributed by atoms with Gasteiger partial charge in [0, 0.05) is 35.5 Å². The van der Waals surface area contributed by atoms with E-state index < -0.39 is 0 Å². The van der Waals surface area contributed by atoms with Crippen molar-refractivity contribution in [3.8, 4) is 17.1 Å². The fraction of sp³-hybridized carbons (Fsp3) is 0.320. The predicted molar refractivity (Wildman–Crippen MR) is 120 cm³/mol. The fourth-order valence-electron chi connectivity index (χ4n) is 4.27. The lowest BCUT2D eigenvalue weighted by molar-refractivity contribution is 0.0674. The van der Waals surface area contributed by atoms with Gasteiger partial charge in [-0.2, -0.15) is 4.98 Å². The first kappa shape index (κ1) is 20.3. The summed E-state index contributed by atoms with van der Waals surface area (Å²) >= 11 is 0. The van der Waals surface area contributed by atoms with Crippen molar-refractivity contribution in [1.29, 1.82) is 0 Å². The summed E-state index contributed by atoms with van der Waals surface area (Å²) in [7, 11) is 1.63. The molecular weight excluding hydrogens is 406 g/mol.